The van der Waals surface area contributed by atoms with Crippen LogP contribution < -0.4 is 5.32 Å². The van der Waals surface area contributed by atoms with Gasteiger partial charge in [0.2, 0.25) is 10.0 Å². The number of carbonyl (C=O) groups is 2. The predicted octanol–water partition coefficient (Wildman–Crippen LogP) is 0.548. The van der Waals surface area contributed by atoms with E-state index in [0.29, 0.717) is 26.1 Å². The zero-order valence-corrected chi connectivity index (χ0v) is 15.0. The molecule has 1 aromatic rings. The van der Waals surface area contributed by atoms with Crippen molar-refractivity contribution in [2.45, 2.75) is 17.7 Å². The Morgan fingerprint density at radius 2 is 1.76 bits per heavy atom. The average Bonchev–Trinajstić information content (AvgIpc) is 2.60. The standard InChI is InChI=1S/C16H22N2O6S/c1-18(2)25(22,23)13-5-3-12(4-6-13)14(19)17-11-16(15(20)21)7-9-24-10-8-16/h3-6H,7-11H2,1-2H3,(H,17,19)(H,20,21). The molecule has 1 amide bonds. The van der Waals surface area contributed by atoms with Crippen LogP contribution in [-0.4, -0.2) is 63.6 Å². The highest BCUT2D eigenvalue weighted by Crippen LogP contribution is 2.30. The van der Waals surface area contributed by atoms with Gasteiger partial charge in [0.25, 0.3) is 5.91 Å². The van der Waals surface area contributed by atoms with Crippen molar-refractivity contribution in [3.63, 3.8) is 0 Å². The molecular formula is C16H22N2O6S. The first-order valence-electron chi connectivity index (χ1n) is 7.81. The molecule has 0 unspecified atom stereocenters. The third-order valence-corrected chi connectivity index (χ3v) is 6.22. The van der Waals surface area contributed by atoms with Gasteiger partial charge in [0.15, 0.2) is 0 Å². The summed E-state index contributed by atoms with van der Waals surface area (Å²) in [6.45, 7) is 0.695. The number of hydrogen-bond donors (Lipinski definition) is 2. The summed E-state index contributed by atoms with van der Waals surface area (Å²) >= 11 is 0. The molecule has 1 heterocycles. The SMILES string of the molecule is CN(C)S(=O)(=O)c1ccc(C(=O)NCC2(C(=O)O)CCOCC2)cc1. The lowest BCUT2D eigenvalue weighted by Crippen LogP contribution is -2.46. The second-order valence-corrected chi connectivity index (χ2v) is 8.34. The number of carbonyl (C=O) groups excluding carboxylic acids is 1. The van der Waals surface area contributed by atoms with Crippen LogP contribution >= 0.6 is 0 Å². The van der Waals surface area contributed by atoms with Crippen LogP contribution in [0, 0.1) is 5.41 Å². The van der Waals surface area contributed by atoms with Crippen molar-refractivity contribution in [1.82, 2.24) is 9.62 Å². The molecule has 8 nitrogen and oxygen atoms in total. The van der Waals surface area contributed by atoms with Gasteiger partial charge in [-0.25, -0.2) is 12.7 Å². The Morgan fingerprint density at radius 1 is 1.20 bits per heavy atom. The number of amides is 1. The van der Waals surface area contributed by atoms with Crippen molar-refractivity contribution in [1.29, 1.82) is 0 Å². The number of sulfonamides is 1. The third kappa shape index (κ3) is 4.17. The lowest BCUT2D eigenvalue weighted by molar-refractivity contribution is -0.154. The van der Waals surface area contributed by atoms with Crippen molar-refractivity contribution in [3.05, 3.63) is 29.8 Å². The van der Waals surface area contributed by atoms with Crippen LogP contribution in [0.5, 0.6) is 0 Å². The largest absolute Gasteiger partial charge is 0.481 e. The number of rotatable bonds is 6. The van der Waals surface area contributed by atoms with E-state index in [1.54, 1.807) is 0 Å². The molecule has 1 saturated heterocycles. The quantitative estimate of drug-likeness (QED) is 0.756. The summed E-state index contributed by atoms with van der Waals surface area (Å²) in [4.78, 5) is 23.9. The average molecular weight is 370 g/mol. The maximum Gasteiger partial charge on any atom is 0.311 e. The highest BCUT2D eigenvalue weighted by molar-refractivity contribution is 7.89. The molecule has 0 aliphatic carbocycles. The van der Waals surface area contributed by atoms with Gasteiger partial charge in [-0.05, 0) is 37.1 Å². The second-order valence-electron chi connectivity index (χ2n) is 6.19. The lowest BCUT2D eigenvalue weighted by atomic mass is 9.80. The van der Waals surface area contributed by atoms with E-state index in [9.17, 15) is 23.1 Å². The van der Waals surface area contributed by atoms with Crippen molar-refractivity contribution < 1.29 is 27.9 Å². The summed E-state index contributed by atoms with van der Waals surface area (Å²) in [5, 5.41) is 12.1. The predicted molar refractivity (Wildman–Crippen MR) is 89.8 cm³/mol. The molecule has 0 bridgehead atoms. The maximum absolute atomic E-state index is 12.3. The Kier molecular flexibility index (Phi) is 5.81. The molecule has 0 atom stereocenters. The molecule has 1 fully saturated rings. The van der Waals surface area contributed by atoms with Crippen LogP contribution in [-0.2, 0) is 19.6 Å². The van der Waals surface area contributed by atoms with Crippen molar-refractivity contribution in [2.75, 3.05) is 33.9 Å². The van der Waals surface area contributed by atoms with E-state index in [-0.39, 0.29) is 17.0 Å². The molecule has 9 heteroatoms. The highest BCUT2D eigenvalue weighted by atomic mass is 32.2. The number of aliphatic carboxylic acids is 1. The van der Waals surface area contributed by atoms with Gasteiger partial charge in [0.05, 0.1) is 10.3 Å². The van der Waals surface area contributed by atoms with E-state index in [2.05, 4.69) is 5.32 Å². The minimum absolute atomic E-state index is 0.00226. The number of benzene rings is 1. The molecule has 138 valence electrons. The number of carboxylic acid groups (broad SMARTS) is 1. The molecule has 2 N–H and O–H groups in total. The van der Waals surface area contributed by atoms with Gasteiger partial charge < -0.3 is 15.2 Å². The van der Waals surface area contributed by atoms with E-state index in [0.717, 1.165) is 4.31 Å². The topological polar surface area (TPSA) is 113 Å². The molecule has 1 aliphatic rings. The van der Waals surface area contributed by atoms with Crippen molar-refractivity contribution >= 4 is 21.9 Å². The first kappa shape index (κ1) is 19.4. The molecule has 0 saturated carbocycles. The Bertz CT molecular complexity index is 736. The molecule has 2 rings (SSSR count). The first-order valence-corrected chi connectivity index (χ1v) is 9.25. The Balaban J connectivity index is 2.07. The van der Waals surface area contributed by atoms with Crippen molar-refractivity contribution in [2.24, 2.45) is 5.41 Å². The van der Waals surface area contributed by atoms with E-state index in [1.807, 2.05) is 0 Å². The maximum atomic E-state index is 12.3. The van der Waals surface area contributed by atoms with Crippen LogP contribution in [0.25, 0.3) is 0 Å². The summed E-state index contributed by atoms with van der Waals surface area (Å²) in [7, 11) is -0.708. The second kappa shape index (κ2) is 7.51. The van der Waals surface area contributed by atoms with Gasteiger partial charge in [-0.1, -0.05) is 0 Å². The smallest absolute Gasteiger partial charge is 0.311 e. The lowest BCUT2D eigenvalue weighted by Gasteiger charge is -2.33. The minimum Gasteiger partial charge on any atom is -0.481 e. The Hall–Kier alpha value is -1.97. The van der Waals surface area contributed by atoms with E-state index < -0.39 is 27.3 Å². The fourth-order valence-electron chi connectivity index (χ4n) is 2.57. The summed E-state index contributed by atoms with van der Waals surface area (Å²) in [6.07, 6.45) is 0.672. The number of carboxylic acids is 1. The zero-order valence-electron chi connectivity index (χ0n) is 14.2. The van der Waals surface area contributed by atoms with Crippen molar-refractivity contribution in [3.8, 4) is 0 Å². The normalized spacial score (nSPS) is 17.2. The van der Waals surface area contributed by atoms with Crippen LogP contribution in [0.3, 0.4) is 0 Å². The van der Waals surface area contributed by atoms with E-state index in [4.69, 9.17) is 4.74 Å². The fourth-order valence-corrected chi connectivity index (χ4v) is 3.47. The molecular weight excluding hydrogens is 348 g/mol. The number of nitrogens with zero attached hydrogens (tertiary/aromatic N) is 1. The molecule has 0 radical (unpaired) electrons. The number of nitrogens with one attached hydrogen (secondary N) is 1. The molecule has 1 aromatic carbocycles. The van der Waals surface area contributed by atoms with Gasteiger partial charge in [-0.2, -0.15) is 0 Å². The minimum atomic E-state index is -3.56. The summed E-state index contributed by atoms with van der Waals surface area (Å²) < 4.78 is 30.3. The molecule has 25 heavy (non-hydrogen) atoms. The summed E-state index contributed by atoms with van der Waals surface area (Å²) in [6, 6.07) is 5.52. The fraction of sp³-hybridized carbons (Fsp3) is 0.500. The highest BCUT2D eigenvalue weighted by Gasteiger charge is 2.40. The Morgan fingerprint density at radius 3 is 2.24 bits per heavy atom. The van der Waals surface area contributed by atoms with E-state index >= 15 is 0 Å². The third-order valence-electron chi connectivity index (χ3n) is 4.39. The summed E-state index contributed by atoms with van der Waals surface area (Å²) in [5.41, 5.74) is -0.757. The van der Waals surface area contributed by atoms with Crippen LogP contribution in [0.2, 0.25) is 0 Å². The molecule has 0 aromatic heterocycles. The monoisotopic (exact) mass is 370 g/mol. The number of ether oxygens (including phenoxy) is 1. The Labute approximate surface area is 146 Å². The van der Waals surface area contributed by atoms with Gasteiger partial charge in [-0.3, -0.25) is 9.59 Å². The van der Waals surface area contributed by atoms with Crippen LogP contribution in [0.4, 0.5) is 0 Å². The zero-order chi connectivity index (χ0) is 18.7. The van der Waals surface area contributed by atoms with Gasteiger partial charge in [0, 0.05) is 39.4 Å². The summed E-state index contributed by atoms with van der Waals surface area (Å²) in [5.74, 6) is -1.40. The molecule has 0 spiro atoms. The molecule has 1 aliphatic heterocycles. The van der Waals surface area contributed by atoms with Crippen LogP contribution in [0.1, 0.15) is 23.2 Å². The van der Waals surface area contributed by atoms with Gasteiger partial charge in [0.1, 0.15) is 0 Å². The first-order chi connectivity index (χ1) is 11.7. The van der Waals surface area contributed by atoms with Gasteiger partial charge in [-0.15, -0.1) is 0 Å². The number of hydrogen-bond acceptors (Lipinski definition) is 5. The van der Waals surface area contributed by atoms with Crippen LogP contribution in [0.15, 0.2) is 29.2 Å². The van der Waals surface area contributed by atoms with E-state index in [1.165, 1.54) is 38.4 Å². The van der Waals surface area contributed by atoms with Gasteiger partial charge >= 0.3 is 5.97 Å².